The number of nitrogens with zero attached hydrogens (tertiary/aromatic N) is 2. The maximum Gasteiger partial charge on any atom is 0.233 e. The Morgan fingerprint density at radius 1 is 1.19 bits per heavy atom. The van der Waals surface area contributed by atoms with Crippen LogP contribution in [0.5, 0.6) is 0 Å². The summed E-state index contributed by atoms with van der Waals surface area (Å²) >= 11 is 0. The molecule has 1 aromatic carbocycles. The number of rotatable bonds is 3. The number of amides is 1. The number of nitrogens with one attached hydrogen (secondary N) is 1. The Bertz CT molecular complexity index is 1020. The fourth-order valence-electron chi connectivity index (χ4n) is 4.36. The average Bonchev–Trinajstić information content (AvgIpc) is 3.15. The summed E-state index contributed by atoms with van der Waals surface area (Å²) < 4.78 is 26.8. The number of carbonyl (C=O) groups excluding carboxylic acids is 1. The summed E-state index contributed by atoms with van der Waals surface area (Å²) in [6.45, 7) is 1.30. The topological polar surface area (TPSA) is 49.0 Å². The summed E-state index contributed by atoms with van der Waals surface area (Å²) in [4.78, 5) is 22.3. The molecular formula is C21H19F2N3O. The number of likely N-dealkylation sites (tertiary alicyclic amines) is 1. The smallest absolute Gasteiger partial charge is 0.233 e. The molecule has 1 atom stereocenters. The molecular weight excluding hydrogens is 348 g/mol. The third-order valence-electron chi connectivity index (χ3n) is 6.00. The van der Waals surface area contributed by atoms with Crippen molar-refractivity contribution in [3.8, 4) is 0 Å². The fraction of sp³-hybridized carbons (Fsp3) is 0.333. The van der Waals surface area contributed by atoms with Crippen LogP contribution in [-0.2, 0) is 10.2 Å². The SMILES string of the molecule is O=C(N1CCC(c2c[nH]c3ncc(F)cc23)C1)C1(c2ccc(F)cc2)CC1. The second kappa shape index (κ2) is 5.87. The van der Waals surface area contributed by atoms with Crippen LogP contribution in [0.3, 0.4) is 0 Å². The van der Waals surface area contributed by atoms with E-state index in [1.807, 2.05) is 11.1 Å². The van der Waals surface area contributed by atoms with Crippen LogP contribution >= 0.6 is 0 Å². The minimum Gasteiger partial charge on any atom is -0.346 e. The first-order valence-electron chi connectivity index (χ1n) is 9.25. The van der Waals surface area contributed by atoms with Gasteiger partial charge in [0.05, 0.1) is 11.6 Å². The molecule has 2 fully saturated rings. The standard InChI is InChI=1S/C21H19F2N3O/c22-15-3-1-14(2-4-15)21(6-7-21)20(27)26-8-5-13(12-26)18-11-25-19-17(18)9-16(23)10-24-19/h1-4,9-11,13H,5-8,12H2,(H,24,25). The van der Waals surface area contributed by atoms with Gasteiger partial charge < -0.3 is 9.88 Å². The van der Waals surface area contributed by atoms with Gasteiger partial charge in [0.15, 0.2) is 0 Å². The van der Waals surface area contributed by atoms with Crippen LogP contribution in [-0.4, -0.2) is 33.9 Å². The number of H-pyrrole nitrogens is 1. The first kappa shape index (κ1) is 16.4. The van der Waals surface area contributed by atoms with Crippen molar-refractivity contribution in [1.29, 1.82) is 0 Å². The molecule has 2 aliphatic rings. The van der Waals surface area contributed by atoms with Crippen LogP contribution < -0.4 is 0 Å². The predicted molar refractivity (Wildman–Crippen MR) is 97.3 cm³/mol. The molecule has 5 rings (SSSR count). The highest BCUT2D eigenvalue weighted by atomic mass is 19.1. The summed E-state index contributed by atoms with van der Waals surface area (Å²) in [5, 5.41) is 0.786. The van der Waals surface area contributed by atoms with E-state index >= 15 is 0 Å². The zero-order chi connectivity index (χ0) is 18.6. The number of pyridine rings is 1. The summed E-state index contributed by atoms with van der Waals surface area (Å²) in [5.41, 5.74) is 2.09. The van der Waals surface area contributed by atoms with E-state index in [1.54, 1.807) is 12.1 Å². The van der Waals surface area contributed by atoms with Gasteiger partial charge in [-0.25, -0.2) is 13.8 Å². The lowest BCUT2D eigenvalue weighted by molar-refractivity contribution is -0.132. The summed E-state index contributed by atoms with van der Waals surface area (Å²) in [6.07, 6.45) is 5.53. The molecule has 0 radical (unpaired) electrons. The van der Waals surface area contributed by atoms with Crippen LogP contribution in [0.25, 0.3) is 11.0 Å². The molecule has 3 heterocycles. The van der Waals surface area contributed by atoms with E-state index in [9.17, 15) is 13.6 Å². The van der Waals surface area contributed by atoms with Gasteiger partial charge in [0.1, 0.15) is 17.3 Å². The zero-order valence-electron chi connectivity index (χ0n) is 14.7. The second-order valence-electron chi connectivity index (χ2n) is 7.62. The molecule has 1 aliphatic carbocycles. The molecule has 3 aromatic rings. The quantitative estimate of drug-likeness (QED) is 0.764. The van der Waals surface area contributed by atoms with E-state index in [-0.39, 0.29) is 23.5 Å². The molecule has 1 saturated heterocycles. The Labute approximate surface area is 155 Å². The summed E-state index contributed by atoms with van der Waals surface area (Å²) in [5.74, 6) is -0.359. The van der Waals surface area contributed by atoms with Gasteiger partial charge in [-0.05, 0) is 48.6 Å². The van der Waals surface area contributed by atoms with Gasteiger partial charge in [-0.3, -0.25) is 4.79 Å². The van der Waals surface area contributed by atoms with Gasteiger partial charge in [-0.15, -0.1) is 0 Å². The fourth-order valence-corrected chi connectivity index (χ4v) is 4.36. The lowest BCUT2D eigenvalue weighted by atomic mass is 9.94. The van der Waals surface area contributed by atoms with Crippen molar-refractivity contribution in [2.24, 2.45) is 0 Å². The van der Waals surface area contributed by atoms with Crippen molar-refractivity contribution >= 4 is 16.9 Å². The highest BCUT2D eigenvalue weighted by molar-refractivity contribution is 5.91. The number of benzene rings is 1. The highest BCUT2D eigenvalue weighted by Crippen LogP contribution is 2.50. The van der Waals surface area contributed by atoms with Crippen molar-refractivity contribution in [2.45, 2.75) is 30.6 Å². The van der Waals surface area contributed by atoms with Crippen LogP contribution in [0, 0.1) is 11.6 Å². The van der Waals surface area contributed by atoms with Crippen molar-refractivity contribution in [2.75, 3.05) is 13.1 Å². The van der Waals surface area contributed by atoms with Crippen molar-refractivity contribution in [3.63, 3.8) is 0 Å². The van der Waals surface area contributed by atoms with E-state index in [0.29, 0.717) is 18.7 Å². The van der Waals surface area contributed by atoms with Crippen LogP contribution in [0.4, 0.5) is 8.78 Å². The van der Waals surface area contributed by atoms with Crippen molar-refractivity contribution in [1.82, 2.24) is 14.9 Å². The number of halogens is 2. The Balaban J connectivity index is 1.38. The number of aromatic amines is 1. The monoisotopic (exact) mass is 367 g/mol. The van der Waals surface area contributed by atoms with E-state index < -0.39 is 5.41 Å². The Morgan fingerprint density at radius 2 is 1.96 bits per heavy atom. The number of carbonyl (C=O) groups is 1. The molecule has 0 bridgehead atoms. The van der Waals surface area contributed by atoms with Gasteiger partial charge in [0, 0.05) is 30.6 Å². The van der Waals surface area contributed by atoms with E-state index in [1.165, 1.54) is 24.4 Å². The summed E-state index contributed by atoms with van der Waals surface area (Å²) in [7, 11) is 0. The zero-order valence-corrected chi connectivity index (χ0v) is 14.7. The van der Waals surface area contributed by atoms with Gasteiger partial charge in [0.2, 0.25) is 5.91 Å². The number of hydrogen-bond acceptors (Lipinski definition) is 2. The van der Waals surface area contributed by atoms with E-state index in [4.69, 9.17) is 0 Å². The minimum atomic E-state index is -0.490. The molecule has 1 unspecified atom stereocenters. The number of fused-ring (bicyclic) bond motifs is 1. The first-order valence-corrected chi connectivity index (χ1v) is 9.25. The van der Waals surface area contributed by atoms with Crippen molar-refractivity contribution in [3.05, 3.63) is 65.5 Å². The van der Waals surface area contributed by atoms with Gasteiger partial charge in [0.25, 0.3) is 0 Å². The van der Waals surface area contributed by atoms with E-state index in [0.717, 1.165) is 35.8 Å². The molecule has 2 aromatic heterocycles. The van der Waals surface area contributed by atoms with Gasteiger partial charge >= 0.3 is 0 Å². The molecule has 1 saturated carbocycles. The lowest BCUT2D eigenvalue weighted by Crippen LogP contribution is -2.37. The highest BCUT2D eigenvalue weighted by Gasteiger charge is 2.53. The van der Waals surface area contributed by atoms with Crippen molar-refractivity contribution < 1.29 is 13.6 Å². The predicted octanol–water partition coefficient (Wildman–Crippen LogP) is 3.89. The Morgan fingerprint density at radius 3 is 2.70 bits per heavy atom. The summed E-state index contributed by atoms with van der Waals surface area (Å²) in [6, 6.07) is 7.79. The van der Waals surface area contributed by atoms with Crippen LogP contribution in [0.2, 0.25) is 0 Å². The Hall–Kier alpha value is -2.76. The third kappa shape index (κ3) is 2.62. The largest absolute Gasteiger partial charge is 0.346 e. The minimum absolute atomic E-state index is 0.126. The average molecular weight is 367 g/mol. The Kier molecular flexibility index (Phi) is 3.57. The molecule has 1 amide bonds. The molecule has 6 heteroatoms. The van der Waals surface area contributed by atoms with E-state index in [2.05, 4.69) is 9.97 Å². The first-order chi connectivity index (χ1) is 13.1. The molecule has 1 N–H and O–H groups in total. The molecule has 138 valence electrons. The van der Waals surface area contributed by atoms with Crippen LogP contribution in [0.1, 0.15) is 36.3 Å². The molecule has 27 heavy (non-hydrogen) atoms. The molecule has 1 aliphatic heterocycles. The third-order valence-corrected chi connectivity index (χ3v) is 6.00. The number of hydrogen-bond donors (Lipinski definition) is 1. The lowest BCUT2D eigenvalue weighted by Gasteiger charge is -2.23. The van der Waals surface area contributed by atoms with Crippen LogP contribution in [0.15, 0.2) is 42.7 Å². The van der Waals surface area contributed by atoms with Gasteiger partial charge in [-0.1, -0.05) is 12.1 Å². The molecule has 0 spiro atoms. The maximum absolute atomic E-state index is 13.6. The molecule has 4 nitrogen and oxygen atoms in total. The maximum atomic E-state index is 13.6. The number of aromatic nitrogens is 2. The second-order valence-corrected chi connectivity index (χ2v) is 7.62. The van der Waals surface area contributed by atoms with Gasteiger partial charge in [-0.2, -0.15) is 0 Å². The normalized spacial score (nSPS) is 21.0.